The maximum Gasteiger partial charge on any atom is 0.219 e. The van der Waals surface area contributed by atoms with Crippen molar-refractivity contribution in [3.05, 3.63) is 0 Å². The van der Waals surface area contributed by atoms with Gasteiger partial charge in [-0.15, -0.1) is 0 Å². The van der Waals surface area contributed by atoms with Crippen molar-refractivity contribution in [2.24, 2.45) is 0 Å². The Morgan fingerprint density at radius 1 is 1.58 bits per heavy atom. The molecule has 0 aromatic carbocycles. The van der Waals surface area contributed by atoms with E-state index in [1.54, 1.807) is 6.92 Å². The molecule has 0 aliphatic rings. The zero-order valence-corrected chi connectivity index (χ0v) is 7.97. The summed E-state index contributed by atoms with van der Waals surface area (Å²) >= 11 is 0. The molecule has 0 bridgehead atoms. The third kappa shape index (κ3) is 7.54. The molecule has 72 valence electrons. The Kier molecular flexibility index (Phi) is 6.76. The number of amides is 1. The number of nitrogens with one attached hydrogen (secondary N) is 1. The molecule has 3 nitrogen and oxygen atoms in total. The minimum Gasteiger partial charge on any atom is -0.393 e. The van der Waals surface area contributed by atoms with Gasteiger partial charge in [0.15, 0.2) is 0 Å². The highest BCUT2D eigenvalue weighted by molar-refractivity contribution is 5.75. The molecule has 2 N–H and O–H groups in total. The molecular formula is C9H19NO2. The highest BCUT2D eigenvalue weighted by Crippen LogP contribution is 1.93. The summed E-state index contributed by atoms with van der Waals surface area (Å²) in [5, 5.41) is 11.6. The lowest BCUT2D eigenvalue weighted by Gasteiger charge is -2.05. The number of unbranched alkanes of at least 4 members (excludes halogenated alkanes) is 1. The molecule has 1 unspecified atom stereocenters. The molecule has 0 aliphatic heterocycles. The third-order valence-electron chi connectivity index (χ3n) is 1.64. The van der Waals surface area contributed by atoms with E-state index >= 15 is 0 Å². The molecule has 0 heterocycles. The maximum absolute atomic E-state index is 11.0. The number of carbonyl (C=O) groups is 1. The highest BCUT2D eigenvalue weighted by atomic mass is 16.3. The standard InChI is InChI=1S/C9H19NO2/c1-3-4-5-9(12)10-7-6-8(2)11/h8,11H,3-7H2,1-2H3,(H,10,12). The molecule has 0 saturated heterocycles. The summed E-state index contributed by atoms with van der Waals surface area (Å²) in [4.78, 5) is 11.0. The van der Waals surface area contributed by atoms with Gasteiger partial charge in [0.25, 0.3) is 0 Å². The van der Waals surface area contributed by atoms with Crippen LogP contribution in [0.5, 0.6) is 0 Å². The number of rotatable bonds is 6. The Labute approximate surface area is 74.2 Å². The smallest absolute Gasteiger partial charge is 0.219 e. The predicted molar refractivity (Wildman–Crippen MR) is 48.8 cm³/mol. The Balaban J connectivity index is 3.20. The quantitative estimate of drug-likeness (QED) is 0.631. The van der Waals surface area contributed by atoms with Gasteiger partial charge in [0.2, 0.25) is 5.91 Å². The van der Waals surface area contributed by atoms with Gasteiger partial charge in [0.1, 0.15) is 0 Å². The van der Waals surface area contributed by atoms with E-state index < -0.39 is 0 Å². The van der Waals surface area contributed by atoms with Crippen molar-refractivity contribution in [1.29, 1.82) is 0 Å². The van der Waals surface area contributed by atoms with Crippen LogP contribution in [-0.2, 0) is 4.79 Å². The lowest BCUT2D eigenvalue weighted by Crippen LogP contribution is -2.26. The van der Waals surface area contributed by atoms with E-state index in [9.17, 15) is 4.79 Å². The number of hydrogen-bond donors (Lipinski definition) is 2. The summed E-state index contributed by atoms with van der Waals surface area (Å²) in [6, 6.07) is 0. The van der Waals surface area contributed by atoms with Crippen LogP contribution in [-0.4, -0.2) is 23.7 Å². The fourth-order valence-corrected chi connectivity index (χ4v) is 0.846. The van der Waals surface area contributed by atoms with Crippen LogP contribution in [0.4, 0.5) is 0 Å². The van der Waals surface area contributed by atoms with Crippen LogP contribution in [0, 0.1) is 0 Å². The molecule has 12 heavy (non-hydrogen) atoms. The minimum atomic E-state index is -0.323. The summed E-state index contributed by atoms with van der Waals surface area (Å²) < 4.78 is 0. The van der Waals surface area contributed by atoms with Crippen molar-refractivity contribution in [2.75, 3.05) is 6.54 Å². The van der Waals surface area contributed by atoms with Gasteiger partial charge in [0, 0.05) is 13.0 Å². The molecule has 0 radical (unpaired) electrons. The number of hydrogen-bond acceptors (Lipinski definition) is 2. The predicted octanol–water partition coefficient (Wildman–Crippen LogP) is 1.06. The lowest BCUT2D eigenvalue weighted by atomic mass is 10.2. The molecule has 0 aromatic rings. The summed E-state index contributed by atoms with van der Waals surface area (Å²) in [6.07, 6.45) is 2.91. The molecule has 0 rings (SSSR count). The number of carbonyl (C=O) groups excluding carboxylic acids is 1. The van der Waals surface area contributed by atoms with E-state index in [2.05, 4.69) is 12.2 Å². The summed E-state index contributed by atoms with van der Waals surface area (Å²) in [5.74, 6) is 0.0949. The average molecular weight is 173 g/mol. The van der Waals surface area contributed by atoms with Crippen LogP contribution >= 0.6 is 0 Å². The monoisotopic (exact) mass is 173 g/mol. The van der Waals surface area contributed by atoms with Crippen LogP contribution in [0.1, 0.15) is 39.5 Å². The fraction of sp³-hybridized carbons (Fsp3) is 0.889. The molecule has 0 aromatic heterocycles. The first-order valence-corrected chi connectivity index (χ1v) is 4.61. The minimum absolute atomic E-state index is 0.0949. The SMILES string of the molecule is CCCCC(=O)NCCC(C)O. The number of aliphatic hydroxyl groups excluding tert-OH is 1. The van der Waals surface area contributed by atoms with Gasteiger partial charge in [-0.1, -0.05) is 13.3 Å². The van der Waals surface area contributed by atoms with Gasteiger partial charge < -0.3 is 10.4 Å². The highest BCUT2D eigenvalue weighted by Gasteiger charge is 2.00. The second kappa shape index (κ2) is 7.10. The summed E-state index contributed by atoms with van der Waals surface area (Å²) in [5.41, 5.74) is 0. The Bertz CT molecular complexity index is 124. The first-order chi connectivity index (χ1) is 5.66. The molecule has 0 spiro atoms. The average Bonchev–Trinajstić information content (AvgIpc) is 2.00. The van der Waals surface area contributed by atoms with Crippen LogP contribution in [0.25, 0.3) is 0 Å². The number of aliphatic hydroxyl groups is 1. The zero-order chi connectivity index (χ0) is 9.40. The Morgan fingerprint density at radius 3 is 2.75 bits per heavy atom. The normalized spacial score (nSPS) is 12.6. The van der Waals surface area contributed by atoms with Crippen molar-refractivity contribution in [3.63, 3.8) is 0 Å². The van der Waals surface area contributed by atoms with Crippen LogP contribution in [0.3, 0.4) is 0 Å². The third-order valence-corrected chi connectivity index (χ3v) is 1.64. The van der Waals surface area contributed by atoms with Gasteiger partial charge in [0.05, 0.1) is 6.10 Å². The van der Waals surface area contributed by atoms with Crippen molar-refractivity contribution in [1.82, 2.24) is 5.32 Å². The topological polar surface area (TPSA) is 49.3 Å². The van der Waals surface area contributed by atoms with Gasteiger partial charge in [-0.2, -0.15) is 0 Å². The van der Waals surface area contributed by atoms with E-state index in [0.29, 0.717) is 19.4 Å². The maximum atomic E-state index is 11.0. The van der Waals surface area contributed by atoms with Crippen molar-refractivity contribution < 1.29 is 9.90 Å². The molecule has 1 atom stereocenters. The van der Waals surface area contributed by atoms with Crippen molar-refractivity contribution in [2.45, 2.75) is 45.6 Å². The van der Waals surface area contributed by atoms with E-state index in [1.165, 1.54) is 0 Å². The molecular weight excluding hydrogens is 154 g/mol. The van der Waals surface area contributed by atoms with Crippen molar-refractivity contribution in [3.8, 4) is 0 Å². The van der Waals surface area contributed by atoms with E-state index in [-0.39, 0.29) is 12.0 Å². The van der Waals surface area contributed by atoms with Crippen LogP contribution in [0.15, 0.2) is 0 Å². The molecule has 3 heteroatoms. The van der Waals surface area contributed by atoms with Gasteiger partial charge >= 0.3 is 0 Å². The van der Waals surface area contributed by atoms with E-state index in [0.717, 1.165) is 12.8 Å². The molecule has 0 aliphatic carbocycles. The van der Waals surface area contributed by atoms with Gasteiger partial charge in [-0.05, 0) is 19.8 Å². The van der Waals surface area contributed by atoms with E-state index in [1.807, 2.05) is 0 Å². The zero-order valence-electron chi connectivity index (χ0n) is 7.97. The van der Waals surface area contributed by atoms with Crippen LogP contribution < -0.4 is 5.32 Å². The van der Waals surface area contributed by atoms with Crippen LogP contribution in [0.2, 0.25) is 0 Å². The Morgan fingerprint density at radius 2 is 2.25 bits per heavy atom. The second-order valence-corrected chi connectivity index (χ2v) is 3.09. The Hall–Kier alpha value is -0.570. The molecule has 1 amide bonds. The van der Waals surface area contributed by atoms with Crippen molar-refractivity contribution >= 4 is 5.91 Å². The first kappa shape index (κ1) is 11.4. The largest absolute Gasteiger partial charge is 0.393 e. The van der Waals surface area contributed by atoms with Gasteiger partial charge in [-0.25, -0.2) is 0 Å². The molecule has 0 saturated carbocycles. The summed E-state index contributed by atoms with van der Waals surface area (Å²) in [6.45, 7) is 4.36. The molecule has 0 fully saturated rings. The van der Waals surface area contributed by atoms with Gasteiger partial charge in [-0.3, -0.25) is 4.79 Å². The fourth-order valence-electron chi connectivity index (χ4n) is 0.846. The second-order valence-electron chi connectivity index (χ2n) is 3.09. The first-order valence-electron chi connectivity index (χ1n) is 4.61. The van der Waals surface area contributed by atoms with E-state index in [4.69, 9.17) is 5.11 Å². The lowest BCUT2D eigenvalue weighted by molar-refractivity contribution is -0.121. The summed E-state index contributed by atoms with van der Waals surface area (Å²) in [7, 11) is 0.